The fourth-order valence-corrected chi connectivity index (χ4v) is 1.61. The Kier molecular flexibility index (Phi) is 4.21. The number of nitrogens with zero attached hydrogens (tertiary/aromatic N) is 1. The molecule has 19 heavy (non-hydrogen) atoms. The molecule has 0 aromatic heterocycles. The molecule has 0 aliphatic rings. The van der Waals surface area contributed by atoms with E-state index in [0.29, 0.717) is 5.56 Å². The predicted octanol–water partition coefficient (Wildman–Crippen LogP) is 3.32. The van der Waals surface area contributed by atoms with Gasteiger partial charge < -0.3 is 10.1 Å². The van der Waals surface area contributed by atoms with Crippen molar-refractivity contribution in [3.05, 3.63) is 35.4 Å². The van der Waals surface area contributed by atoms with Crippen molar-refractivity contribution in [2.45, 2.75) is 45.8 Å². The quantitative estimate of drug-likeness (QED) is 0.887. The van der Waals surface area contributed by atoms with Gasteiger partial charge in [0.15, 0.2) is 0 Å². The summed E-state index contributed by atoms with van der Waals surface area (Å²) in [6.45, 7) is 9.18. The molecule has 0 saturated carbocycles. The first-order valence-electron chi connectivity index (χ1n) is 6.16. The molecule has 0 bridgehead atoms. The van der Waals surface area contributed by atoms with Crippen molar-refractivity contribution >= 4 is 6.09 Å². The lowest BCUT2D eigenvalue weighted by Gasteiger charge is -2.29. The van der Waals surface area contributed by atoms with E-state index in [-0.39, 0.29) is 0 Å². The van der Waals surface area contributed by atoms with Crippen LogP contribution in [0.2, 0.25) is 0 Å². The summed E-state index contributed by atoms with van der Waals surface area (Å²) in [4.78, 5) is 11.8. The lowest BCUT2D eigenvalue weighted by atomic mass is 9.93. The molecule has 1 aromatic rings. The van der Waals surface area contributed by atoms with Crippen molar-refractivity contribution in [1.29, 1.82) is 5.26 Å². The van der Waals surface area contributed by atoms with Crippen LogP contribution in [0.15, 0.2) is 24.3 Å². The first-order valence-corrected chi connectivity index (χ1v) is 6.16. The normalized spacial score (nSPS) is 11.6. The van der Waals surface area contributed by atoms with Crippen LogP contribution in [0, 0.1) is 11.3 Å². The summed E-state index contributed by atoms with van der Waals surface area (Å²) >= 11 is 0. The third-order valence-electron chi connectivity index (χ3n) is 2.53. The third kappa shape index (κ3) is 4.63. The molecule has 0 aliphatic heterocycles. The van der Waals surface area contributed by atoms with Gasteiger partial charge in [0.05, 0.1) is 17.2 Å². The molecular weight excluding hydrogens is 240 g/mol. The molecule has 4 nitrogen and oxygen atoms in total. The minimum absolute atomic E-state index is 0.472. The summed E-state index contributed by atoms with van der Waals surface area (Å²) in [5, 5.41) is 11.7. The number of benzene rings is 1. The zero-order chi connectivity index (χ0) is 14.7. The van der Waals surface area contributed by atoms with E-state index in [1.807, 2.05) is 40.7 Å². The van der Waals surface area contributed by atoms with Crippen molar-refractivity contribution in [3.63, 3.8) is 0 Å². The summed E-state index contributed by atoms with van der Waals surface area (Å²) in [6.07, 6.45) is -0.472. The SMILES string of the molecule is CC(C)(C)OC(=O)NC(C)(C)c1cccc(C#N)c1. The smallest absolute Gasteiger partial charge is 0.408 e. The average Bonchev–Trinajstić information content (AvgIpc) is 2.25. The Hall–Kier alpha value is -2.02. The van der Waals surface area contributed by atoms with Crippen molar-refractivity contribution in [2.24, 2.45) is 0 Å². The van der Waals surface area contributed by atoms with Crippen molar-refractivity contribution in [3.8, 4) is 6.07 Å². The van der Waals surface area contributed by atoms with Gasteiger partial charge >= 0.3 is 6.09 Å². The number of carbonyl (C=O) groups excluding carboxylic acids is 1. The van der Waals surface area contributed by atoms with Gasteiger partial charge in [-0.25, -0.2) is 4.79 Å². The van der Waals surface area contributed by atoms with Crippen LogP contribution in [0.3, 0.4) is 0 Å². The number of hydrogen-bond donors (Lipinski definition) is 1. The van der Waals surface area contributed by atoms with E-state index < -0.39 is 17.2 Å². The molecule has 0 atom stereocenters. The van der Waals surface area contributed by atoms with Crippen LogP contribution >= 0.6 is 0 Å². The molecule has 0 fully saturated rings. The molecule has 0 radical (unpaired) electrons. The Bertz CT molecular complexity index is 508. The fourth-order valence-electron chi connectivity index (χ4n) is 1.61. The highest BCUT2D eigenvalue weighted by Gasteiger charge is 2.26. The first-order chi connectivity index (χ1) is 8.64. The second kappa shape index (κ2) is 5.31. The molecule has 0 heterocycles. The van der Waals surface area contributed by atoms with Crippen LogP contribution in [-0.2, 0) is 10.3 Å². The van der Waals surface area contributed by atoms with Crippen molar-refractivity contribution in [2.75, 3.05) is 0 Å². The maximum Gasteiger partial charge on any atom is 0.408 e. The van der Waals surface area contributed by atoms with E-state index >= 15 is 0 Å². The summed E-state index contributed by atoms with van der Waals surface area (Å²) < 4.78 is 5.24. The van der Waals surface area contributed by atoms with Gasteiger partial charge in [-0.2, -0.15) is 5.26 Å². The van der Waals surface area contributed by atoms with E-state index in [4.69, 9.17) is 10.00 Å². The van der Waals surface area contributed by atoms with Gasteiger partial charge in [-0.15, -0.1) is 0 Å². The Morgan fingerprint density at radius 3 is 2.42 bits per heavy atom. The maximum atomic E-state index is 11.8. The summed E-state index contributed by atoms with van der Waals surface area (Å²) in [7, 11) is 0. The monoisotopic (exact) mass is 260 g/mol. The van der Waals surface area contributed by atoms with Crippen LogP contribution in [0.5, 0.6) is 0 Å². The molecular formula is C15H20N2O2. The number of alkyl carbamates (subject to hydrolysis) is 1. The summed E-state index contributed by atoms with van der Waals surface area (Å²) in [5.74, 6) is 0. The lowest BCUT2D eigenvalue weighted by Crippen LogP contribution is -2.43. The minimum atomic E-state index is -0.602. The molecule has 0 aliphatic carbocycles. The van der Waals surface area contributed by atoms with Gasteiger partial charge in [0.2, 0.25) is 0 Å². The highest BCUT2D eigenvalue weighted by Crippen LogP contribution is 2.21. The van der Waals surface area contributed by atoms with E-state index in [2.05, 4.69) is 11.4 Å². The fraction of sp³-hybridized carbons (Fsp3) is 0.467. The topological polar surface area (TPSA) is 62.1 Å². The molecule has 1 amide bonds. The van der Waals surface area contributed by atoms with Crippen LogP contribution in [0.25, 0.3) is 0 Å². The van der Waals surface area contributed by atoms with Gasteiger partial charge in [0, 0.05) is 0 Å². The zero-order valence-electron chi connectivity index (χ0n) is 12.1. The van der Waals surface area contributed by atoms with E-state index in [1.54, 1.807) is 18.2 Å². The number of nitrogens with one attached hydrogen (secondary N) is 1. The Balaban J connectivity index is 2.86. The lowest BCUT2D eigenvalue weighted by molar-refractivity contribution is 0.0470. The van der Waals surface area contributed by atoms with Crippen LogP contribution < -0.4 is 5.32 Å². The molecule has 1 aromatic carbocycles. The largest absolute Gasteiger partial charge is 0.444 e. The molecule has 4 heteroatoms. The number of carbonyl (C=O) groups is 1. The molecule has 0 spiro atoms. The zero-order valence-corrected chi connectivity index (χ0v) is 12.1. The van der Waals surface area contributed by atoms with E-state index in [0.717, 1.165) is 5.56 Å². The predicted molar refractivity (Wildman–Crippen MR) is 73.6 cm³/mol. The molecule has 1 N–H and O–H groups in total. The van der Waals surface area contributed by atoms with E-state index in [9.17, 15) is 4.79 Å². The molecule has 0 saturated heterocycles. The third-order valence-corrected chi connectivity index (χ3v) is 2.53. The van der Waals surface area contributed by atoms with Crippen molar-refractivity contribution < 1.29 is 9.53 Å². The maximum absolute atomic E-state index is 11.8. The van der Waals surface area contributed by atoms with Crippen LogP contribution in [0.4, 0.5) is 4.79 Å². The van der Waals surface area contributed by atoms with Gasteiger partial charge in [0.25, 0.3) is 0 Å². The summed E-state index contributed by atoms with van der Waals surface area (Å²) in [5.41, 5.74) is 0.290. The second-order valence-corrected chi connectivity index (χ2v) is 5.94. The number of ether oxygens (including phenoxy) is 1. The molecule has 102 valence electrons. The second-order valence-electron chi connectivity index (χ2n) is 5.94. The van der Waals surface area contributed by atoms with Gasteiger partial charge in [-0.05, 0) is 52.3 Å². The summed E-state index contributed by atoms with van der Waals surface area (Å²) in [6, 6.07) is 9.25. The van der Waals surface area contributed by atoms with Crippen molar-refractivity contribution in [1.82, 2.24) is 5.32 Å². The highest BCUT2D eigenvalue weighted by molar-refractivity contribution is 5.69. The number of nitriles is 1. The Labute approximate surface area is 114 Å². The van der Waals surface area contributed by atoms with Crippen LogP contribution in [0.1, 0.15) is 45.7 Å². The molecule has 1 rings (SSSR count). The van der Waals surface area contributed by atoms with Crippen LogP contribution in [-0.4, -0.2) is 11.7 Å². The van der Waals surface area contributed by atoms with Gasteiger partial charge in [-0.1, -0.05) is 12.1 Å². The van der Waals surface area contributed by atoms with Gasteiger partial charge in [-0.3, -0.25) is 0 Å². The number of amides is 1. The van der Waals surface area contributed by atoms with Gasteiger partial charge in [0.1, 0.15) is 5.60 Å². The Morgan fingerprint density at radius 2 is 1.89 bits per heavy atom. The first kappa shape index (κ1) is 15.0. The minimum Gasteiger partial charge on any atom is -0.444 e. The standard InChI is InChI=1S/C15H20N2O2/c1-14(2,3)19-13(18)17-15(4,5)12-8-6-7-11(9-12)10-16/h6-9H,1-5H3,(H,17,18). The Morgan fingerprint density at radius 1 is 1.26 bits per heavy atom. The number of rotatable bonds is 2. The molecule has 0 unspecified atom stereocenters. The highest BCUT2D eigenvalue weighted by atomic mass is 16.6. The average molecular weight is 260 g/mol. The number of hydrogen-bond acceptors (Lipinski definition) is 3. The van der Waals surface area contributed by atoms with E-state index in [1.165, 1.54) is 0 Å².